The number of benzene rings is 1. The van der Waals surface area contributed by atoms with Crippen LogP contribution in [-0.2, 0) is 4.74 Å². The topological polar surface area (TPSA) is 83.1 Å². The first-order chi connectivity index (χ1) is 11.6. The van der Waals surface area contributed by atoms with Crippen molar-refractivity contribution in [3.8, 4) is 5.75 Å². The van der Waals surface area contributed by atoms with E-state index in [9.17, 15) is 15.0 Å². The highest BCUT2D eigenvalue weighted by Gasteiger charge is 2.31. The highest BCUT2D eigenvalue weighted by molar-refractivity contribution is 5.97. The molecule has 2 heterocycles. The van der Waals surface area contributed by atoms with Gasteiger partial charge in [-0.05, 0) is 31.2 Å². The molecule has 2 N–H and O–H groups in total. The van der Waals surface area contributed by atoms with E-state index >= 15 is 0 Å². The third kappa shape index (κ3) is 3.44. The maximum Gasteiger partial charge on any atom is 0.258 e. The molecule has 1 aromatic heterocycles. The molecule has 128 valence electrons. The zero-order valence-electron chi connectivity index (χ0n) is 13.5. The fourth-order valence-corrected chi connectivity index (χ4v) is 2.95. The van der Waals surface area contributed by atoms with Crippen LogP contribution >= 0.6 is 0 Å². The number of rotatable bonds is 4. The Bertz CT molecular complexity index is 697. The average Bonchev–Trinajstić information content (AvgIpc) is 3.12. The maximum absolute atomic E-state index is 12.9. The van der Waals surface area contributed by atoms with Crippen LogP contribution in [0.25, 0.3) is 0 Å². The van der Waals surface area contributed by atoms with Crippen molar-refractivity contribution in [3.63, 3.8) is 0 Å². The summed E-state index contributed by atoms with van der Waals surface area (Å²) in [6.45, 7) is 3.07. The second-order valence-corrected chi connectivity index (χ2v) is 6.01. The number of aryl methyl sites for hydroxylation is 1. The zero-order chi connectivity index (χ0) is 17.1. The van der Waals surface area contributed by atoms with Gasteiger partial charge in [-0.2, -0.15) is 0 Å². The lowest BCUT2D eigenvalue weighted by molar-refractivity contribution is -0.0196. The Hall–Kier alpha value is -2.31. The number of carbonyl (C=O) groups excluding carboxylic acids is 1. The molecule has 6 nitrogen and oxygen atoms in total. The van der Waals surface area contributed by atoms with Gasteiger partial charge in [-0.15, -0.1) is 0 Å². The molecule has 1 fully saturated rings. The highest BCUT2D eigenvalue weighted by Crippen LogP contribution is 2.26. The van der Waals surface area contributed by atoms with Crippen LogP contribution in [0.2, 0.25) is 0 Å². The minimum atomic E-state index is -0.812. The molecule has 2 aromatic rings. The Labute approximate surface area is 140 Å². The molecule has 0 unspecified atom stereocenters. The van der Waals surface area contributed by atoms with Gasteiger partial charge < -0.3 is 24.3 Å². The van der Waals surface area contributed by atoms with E-state index in [1.807, 2.05) is 6.92 Å². The van der Waals surface area contributed by atoms with Crippen LogP contribution in [0, 0.1) is 6.92 Å². The Morgan fingerprint density at radius 3 is 3.00 bits per heavy atom. The summed E-state index contributed by atoms with van der Waals surface area (Å²) in [5, 5.41) is 20.3. The minimum absolute atomic E-state index is 0.0394. The molecule has 6 heteroatoms. The molecule has 2 atom stereocenters. The summed E-state index contributed by atoms with van der Waals surface area (Å²) >= 11 is 0. The summed E-state index contributed by atoms with van der Waals surface area (Å²) in [5.74, 6) is 0.171. The first-order valence-electron chi connectivity index (χ1n) is 7.96. The number of phenolic OH excluding ortho intramolecular Hbond substituents is 1. The van der Waals surface area contributed by atoms with Gasteiger partial charge in [-0.25, -0.2) is 0 Å². The molecule has 1 aliphatic rings. The Morgan fingerprint density at radius 1 is 1.42 bits per heavy atom. The number of phenols is 1. The second kappa shape index (κ2) is 7.07. The van der Waals surface area contributed by atoms with Crippen LogP contribution in [0.4, 0.5) is 0 Å². The summed E-state index contributed by atoms with van der Waals surface area (Å²) in [6, 6.07) is 8.08. The molecule has 0 radical (unpaired) electrons. The average molecular weight is 331 g/mol. The Kier molecular flexibility index (Phi) is 4.87. The molecule has 0 saturated carbocycles. The van der Waals surface area contributed by atoms with Crippen LogP contribution in [0.5, 0.6) is 5.75 Å². The van der Waals surface area contributed by atoms with Gasteiger partial charge in [0, 0.05) is 13.0 Å². The number of amides is 1. The van der Waals surface area contributed by atoms with E-state index in [-0.39, 0.29) is 23.3 Å². The summed E-state index contributed by atoms with van der Waals surface area (Å²) < 4.78 is 10.7. The first-order valence-corrected chi connectivity index (χ1v) is 7.96. The van der Waals surface area contributed by atoms with Crippen molar-refractivity contribution >= 4 is 5.91 Å². The Balaban J connectivity index is 1.79. The normalized spacial score (nSPS) is 19.2. The minimum Gasteiger partial charge on any atom is -0.507 e. The monoisotopic (exact) mass is 331 g/mol. The standard InChI is InChI=1S/C18H21NO5/c1-12-4-5-15(20)14(9-12)18(22)19-6-8-23-11-13(19)10-16(21)17-3-2-7-24-17/h2-5,7,9,13,16,20-21H,6,8,10-11H2,1H3/t13-,16+/m0/s1. The van der Waals surface area contributed by atoms with Gasteiger partial charge in [-0.3, -0.25) is 4.79 Å². The van der Waals surface area contributed by atoms with E-state index in [1.54, 1.807) is 29.2 Å². The van der Waals surface area contributed by atoms with Crippen molar-refractivity contribution < 1.29 is 24.2 Å². The van der Waals surface area contributed by atoms with Gasteiger partial charge in [0.1, 0.15) is 17.6 Å². The van der Waals surface area contributed by atoms with E-state index in [1.165, 1.54) is 12.3 Å². The fourth-order valence-electron chi connectivity index (χ4n) is 2.95. The summed E-state index contributed by atoms with van der Waals surface area (Å²) in [6.07, 6.45) is 1.00. The summed E-state index contributed by atoms with van der Waals surface area (Å²) in [4.78, 5) is 14.5. The lowest BCUT2D eigenvalue weighted by Gasteiger charge is -2.36. The van der Waals surface area contributed by atoms with Crippen LogP contribution in [0.15, 0.2) is 41.0 Å². The van der Waals surface area contributed by atoms with Crippen molar-refractivity contribution in [1.82, 2.24) is 4.90 Å². The number of furan rings is 1. The van der Waals surface area contributed by atoms with Gasteiger partial charge >= 0.3 is 0 Å². The SMILES string of the molecule is Cc1ccc(O)c(C(=O)N2CCOC[C@@H]2C[C@@H](O)c2ccco2)c1. The molecule has 1 aliphatic heterocycles. The number of hydrogen-bond donors (Lipinski definition) is 2. The Morgan fingerprint density at radius 2 is 2.25 bits per heavy atom. The quantitative estimate of drug-likeness (QED) is 0.898. The lowest BCUT2D eigenvalue weighted by Crippen LogP contribution is -2.49. The van der Waals surface area contributed by atoms with E-state index in [4.69, 9.17) is 9.15 Å². The lowest BCUT2D eigenvalue weighted by atomic mass is 10.0. The van der Waals surface area contributed by atoms with Gasteiger partial charge in [0.2, 0.25) is 0 Å². The summed E-state index contributed by atoms with van der Waals surface area (Å²) in [7, 11) is 0. The number of aliphatic hydroxyl groups is 1. The predicted octanol–water partition coefficient (Wildman–Crippen LogP) is 2.26. The molecule has 1 saturated heterocycles. The number of hydrogen-bond acceptors (Lipinski definition) is 5. The molecule has 1 aromatic carbocycles. The van der Waals surface area contributed by atoms with E-state index in [2.05, 4.69) is 0 Å². The van der Waals surface area contributed by atoms with E-state index < -0.39 is 6.10 Å². The molecule has 0 aliphatic carbocycles. The van der Waals surface area contributed by atoms with Crippen molar-refractivity contribution in [2.24, 2.45) is 0 Å². The van der Waals surface area contributed by atoms with Crippen LogP contribution in [0.3, 0.4) is 0 Å². The predicted molar refractivity (Wildman–Crippen MR) is 86.8 cm³/mol. The van der Waals surface area contributed by atoms with Gasteiger partial charge in [0.05, 0.1) is 31.1 Å². The number of carbonyl (C=O) groups is 1. The van der Waals surface area contributed by atoms with Crippen molar-refractivity contribution in [3.05, 3.63) is 53.5 Å². The number of aliphatic hydroxyl groups excluding tert-OH is 1. The van der Waals surface area contributed by atoms with Gasteiger partial charge in [0.15, 0.2) is 0 Å². The third-order valence-electron chi connectivity index (χ3n) is 4.24. The van der Waals surface area contributed by atoms with Crippen molar-refractivity contribution in [1.29, 1.82) is 0 Å². The molecule has 0 bridgehead atoms. The first kappa shape index (κ1) is 16.5. The molecule has 1 amide bonds. The molecule has 24 heavy (non-hydrogen) atoms. The van der Waals surface area contributed by atoms with E-state index in [0.717, 1.165) is 5.56 Å². The van der Waals surface area contributed by atoms with Gasteiger partial charge in [-0.1, -0.05) is 11.6 Å². The van der Waals surface area contributed by atoms with E-state index in [0.29, 0.717) is 31.9 Å². The smallest absolute Gasteiger partial charge is 0.258 e. The van der Waals surface area contributed by atoms with Gasteiger partial charge in [0.25, 0.3) is 5.91 Å². The molecular weight excluding hydrogens is 310 g/mol. The highest BCUT2D eigenvalue weighted by atomic mass is 16.5. The molecule has 0 spiro atoms. The van der Waals surface area contributed by atoms with Crippen LogP contribution < -0.4 is 0 Å². The number of nitrogens with zero attached hydrogens (tertiary/aromatic N) is 1. The zero-order valence-corrected chi connectivity index (χ0v) is 13.5. The fraction of sp³-hybridized carbons (Fsp3) is 0.389. The number of aromatic hydroxyl groups is 1. The maximum atomic E-state index is 12.9. The third-order valence-corrected chi connectivity index (χ3v) is 4.24. The van der Waals surface area contributed by atoms with Crippen LogP contribution in [-0.4, -0.2) is 46.8 Å². The molecular formula is C18H21NO5. The second-order valence-electron chi connectivity index (χ2n) is 6.01. The number of morpholine rings is 1. The van der Waals surface area contributed by atoms with Crippen LogP contribution in [0.1, 0.15) is 34.2 Å². The number of ether oxygens (including phenoxy) is 1. The van der Waals surface area contributed by atoms with Crippen molar-refractivity contribution in [2.75, 3.05) is 19.8 Å². The largest absolute Gasteiger partial charge is 0.507 e. The summed E-state index contributed by atoms with van der Waals surface area (Å²) in [5.41, 5.74) is 1.17. The van der Waals surface area contributed by atoms with Crippen molar-refractivity contribution in [2.45, 2.75) is 25.5 Å². The molecule has 3 rings (SSSR count).